The quantitative estimate of drug-likeness (QED) is 0.818. The first-order valence-corrected chi connectivity index (χ1v) is 5.65. The Morgan fingerprint density at radius 2 is 2.25 bits per heavy atom. The van der Waals surface area contributed by atoms with Crippen molar-refractivity contribution in [2.45, 2.75) is 20.3 Å². The van der Waals surface area contributed by atoms with Crippen LogP contribution in [0.25, 0.3) is 0 Å². The first-order valence-electron chi connectivity index (χ1n) is 5.65. The topological polar surface area (TPSA) is 49.3 Å². The summed E-state index contributed by atoms with van der Waals surface area (Å²) in [6.45, 7) is 5.19. The molecule has 1 aromatic rings. The number of carbonyl (C=O) groups is 1. The lowest BCUT2D eigenvalue weighted by Crippen LogP contribution is -2.06. The predicted octanol–water partition coefficient (Wildman–Crippen LogP) is 2.76. The number of aromatic carboxylic acids is 1. The number of hydrogen-bond acceptors (Lipinski definition) is 2. The highest BCUT2D eigenvalue weighted by Gasteiger charge is 2.31. The molecule has 0 amide bonds. The number of aryl methyl sites for hydroxylation is 1. The molecule has 2 unspecified atom stereocenters. The Balaban J connectivity index is 2.01. The maximum Gasteiger partial charge on any atom is 0.335 e. The fourth-order valence-electron chi connectivity index (χ4n) is 1.92. The molecule has 0 radical (unpaired) electrons. The van der Waals surface area contributed by atoms with Crippen LogP contribution in [0.1, 0.15) is 29.3 Å². The molecule has 86 valence electrons. The van der Waals surface area contributed by atoms with Crippen LogP contribution in [0, 0.1) is 18.8 Å². The second-order valence-corrected chi connectivity index (χ2v) is 4.69. The highest BCUT2D eigenvalue weighted by atomic mass is 16.4. The van der Waals surface area contributed by atoms with Crippen molar-refractivity contribution in [1.29, 1.82) is 0 Å². The van der Waals surface area contributed by atoms with Gasteiger partial charge in [-0.05, 0) is 48.9 Å². The summed E-state index contributed by atoms with van der Waals surface area (Å²) in [6, 6.07) is 5.21. The molecule has 1 aromatic carbocycles. The van der Waals surface area contributed by atoms with Gasteiger partial charge < -0.3 is 10.4 Å². The molecule has 1 aliphatic rings. The third-order valence-electron chi connectivity index (χ3n) is 3.30. The number of nitrogens with one attached hydrogen (secondary N) is 1. The van der Waals surface area contributed by atoms with E-state index in [-0.39, 0.29) is 0 Å². The van der Waals surface area contributed by atoms with Gasteiger partial charge in [0.15, 0.2) is 0 Å². The Bertz CT molecular complexity index is 414. The van der Waals surface area contributed by atoms with E-state index in [0.29, 0.717) is 5.56 Å². The Morgan fingerprint density at radius 3 is 2.75 bits per heavy atom. The van der Waals surface area contributed by atoms with Crippen molar-refractivity contribution in [3.63, 3.8) is 0 Å². The van der Waals surface area contributed by atoms with E-state index in [0.717, 1.165) is 29.6 Å². The van der Waals surface area contributed by atoms with Crippen molar-refractivity contribution < 1.29 is 9.90 Å². The molecule has 1 saturated carbocycles. The Kier molecular flexibility index (Phi) is 2.86. The lowest BCUT2D eigenvalue weighted by Gasteiger charge is -2.09. The van der Waals surface area contributed by atoms with Gasteiger partial charge in [-0.3, -0.25) is 0 Å². The largest absolute Gasteiger partial charge is 0.478 e. The predicted molar refractivity (Wildman–Crippen MR) is 63.9 cm³/mol. The molecule has 0 aliphatic heterocycles. The first-order chi connectivity index (χ1) is 7.58. The lowest BCUT2D eigenvalue weighted by atomic mass is 10.1. The molecular formula is C13H17NO2. The van der Waals surface area contributed by atoms with Gasteiger partial charge in [0.1, 0.15) is 0 Å². The molecule has 1 fully saturated rings. The van der Waals surface area contributed by atoms with Crippen molar-refractivity contribution in [3.8, 4) is 0 Å². The first kappa shape index (κ1) is 11.0. The molecule has 0 heterocycles. The molecule has 0 bridgehead atoms. The number of carboxylic acid groups (broad SMARTS) is 1. The van der Waals surface area contributed by atoms with Gasteiger partial charge in [-0.2, -0.15) is 0 Å². The second kappa shape index (κ2) is 4.16. The summed E-state index contributed by atoms with van der Waals surface area (Å²) < 4.78 is 0. The van der Waals surface area contributed by atoms with Crippen LogP contribution in [0.5, 0.6) is 0 Å². The molecule has 0 saturated heterocycles. The zero-order valence-electron chi connectivity index (χ0n) is 9.66. The van der Waals surface area contributed by atoms with Crippen molar-refractivity contribution >= 4 is 11.7 Å². The molecule has 3 nitrogen and oxygen atoms in total. The average molecular weight is 219 g/mol. The van der Waals surface area contributed by atoms with Crippen LogP contribution in [-0.2, 0) is 0 Å². The monoisotopic (exact) mass is 219 g/mol. The summed E-state index contributed by atoms with van der Waals surface area (Å²) in [4.78, 5) is 10.8. The Labute approximate surface area is 95.5 Å². The number of benzene rings is 1. The van der Waals surface area contributed by atoms with Crippen LogP contribution in [0.4, 0.5) is 5.69 Å². The van der Waals surface area contributed by atoms with Crippen LogP contribution < -0.4 is 5.32 Å². The summed E-state index contributed by atoms with van der Waals surface area (Å²) in [5, 5.41) is 12.2. The van der Waals surface area contributed by atoms with Gasteiger partial charge >= 0.3 is 5.97 Å². The van der Waals surface area contributed by atoms with Crippen molar-refractivity contribution in [1.82, 2.24) is 0 Å². The summed E-state index contributed by atoms with van der Waals surface area (Å²) in [7, 11) is 0. The van der Waals surface area contributed by atoms with E-state index in [2.05, 4.69) is 12.2 Å². The van der Waals surface area contributed by atoms with Crippen LogP contribution in [0.2, 0.25) is 0 Å². The van der Waals surface area contributed by atoms with Gasteiger partial charge in [0, 0.05) is 12.2 Å². The molecule has 0 aromatic heterocycles. The minimum atomic E-state index is -0.870. The van der Waals surface area contributed by atoms with Crippen LogP contribution in [-0.4, -0.2) is 17.6 Å². The summed E-state index contributed by atoms with van der Waals surface area (Å²) in [5.41, 5.74) is 2.39. The molecule has 16 heavy (non-hydrogen) atoms. The molecule has 2 rings (SSSR count). The third kappa shape index (κ3) is 2.35. The maximum absolute atomic E-state index is 10.8. The highest BCUT2D eigenvalue weighted by Crippen LogP contribution is 2.37. The van der Waals surface area contributed by atoms with E-state index in [1.807, 2.05) is 13.0 Å². The normalized spacial score (nSPS) is 22.9. The van der Waals surface area contributed by atoms with E-state index in [4.69, 9.17) is 5.11 Å². The van der Waals surface area contributed by atoms with Gasteiger partial charge in [0.05, 0.1) is 5.56 Å². The standard InChI is InChI=1S/C13H17NO2/c1-8-5-11(8)7-14-12-4-3-10(13(15)16)6-9(12)2/h3-4,6,8,11,14H,5,7H2,1-2H3,(H,15,16). The minimum Gasteiger partial charge on any atom is -0.478 e. The number of anilines is 1. The number of carboxylic acids is 1. The summed E-state index contributed by atoms with van der Waals surface area (Å²) in [6.07, 6.45) is 1.30. The Hall–Kier alpha value is -1.51. The number of rotatable bonds is 4. The molecular weight excluding hydrogens is 202 g/mol. The van der Waals surface area contributed by atoms with Gasteiger partial charge in [0.2, 0.25) is 0 Å². The number of hydrogen-bond donors (Lipinski definition) is 2. The average Bonchev–Trinajstić information content (AvgIpc) is 2.92. The highest BCUT2D eigenvalue weighted by molar-refractivity contribution is 5.88. The SMILES string of the molecule is Cc1cc(C(=O)O)ccc1NCC1CC1C. The molecule has 3 heteroatoms. The van der Waals surface area contributed by atoms with E-state index in [1.165, 1.54) is 6.42 Å². The van der Waals surface area contributed by atoms with Crippen molar-refractivity contribution in [2.75, 3.05) is 11.9 Å². The fourth-order valence-corrected chi connectivity index (χ4v) is 1.92. The van der Waals surface area contributed by atoms with Crippen LogP contribution in [0.15, 0.2) is 18.2 Å². The minimum absolute atomic E-state index is 0.350. The zero-order chi connectivity index (χ0) is 11.7. The van der Waals surface area contributed by atoms with E-state index >= 15 is 0 Å². The van der Waals surface area contributed by atoms with Crippen molar-refractivity contribution in [3.05, 3.63) is 29.3 Å². The van der Waals surface area contributed by atoms with E-state index in [9.17, 15) is 4.79 Å². The summed E-state index contributed by atoms with van der Waals surface area (Å²) in [5.74, 6) is 0.759. The van der Waals surface area contributed by atoms with E-state index < -0.39 is 5.97 Å². The second-order valence-electron chi connectivity index (χ2n) is 4.69. The van der Waals surface area contributed by atoms with Gasteiger partial charge in [-0.25, -0.2) is 4.79 Å². The van der Waals surface area contributed by atoms with E-state index in [1.54, 1.807) is 12.1 Å². The smallest absolute Gasteiger partial charge is 0.335 e. The van der Waals surface area contributed by atoms with Crippen LogP contribution in [0.3, 0.4) is 0 Å². The van der Waals surface area contributed by atoms with Crippen LogP contribution >= 0.6 is 0 Å². The molecule has 2 atom stereocenters. The molecule has 0 spiro atoms. The zero-order valence-corrected chi connectivity index (χ0v) is 9.66. The maximum atomic E-state index is 10.8. The summed E-state index contributed by atoms with van der Waals surface area (Å²) >= 11 is 0. The Morgan fingerprint density at radius 1 is 1.56 bits per heavy atom. The van der Waals surface area contributed by atoms with Gasteiger partial charge in [0.25, 0.3) is 0 Å². The van der Waals surface area contributed by atoms with Crippen molar-refractivity contribution in [2.24, 2.45) is 11.8 Å². The fraction of sp³-hybridized carbons (Fsp3) is 0.462. The van der Waals surface area contributed by atoms with Gasteiger partial charge in [-0.1, -0.05) is 6.92 Å². The third-order valence-corrected chi connectivity index (χ3v) is 3.30. The molecule has 2 N–H and O–H groups in total. The molecule has 1 aliphatic carbocycles. The lowest BCUT2D eigenvalue weighted by molar-refractivity contribution is 0.0697. The van der Waals surface area contributed by atoms with Gasteiger partial charge in [-0.15, -0.1) is 0 Å².